The smallest absolute Gasteiger partial charge is 0.206 e. The van der Waals surface area contributed by atoms with Crippen LogP contribution in [0.2, 0.25) is 10.0 Å². The predicted molar refractivity (Wildman–Crippen MR) is 153 cm³/mol. The summed E-state index contributed by atoms with van der Waals surface area (Å²) in [5.41, 5.74) is 0. The normalized spacial score (nSPS) is 11.7. The molecule has 0 saturated carbocycles. The number of hydrogen-bond acceptors (Lipinski definition) is 6. The van der Waals surface area contributed by atoms with Crippen LogP contribution in [0, 0.1) is 0 Å². The highest BCUT2D eigenvalue weighted by Crippen LogP contribution is 2.31. The van der Waals surface area contributed by atoms with Crippen molar-refractivity contribution in [1.82, 2.24) is 0 Å². The van der Waals surface area contributed by atoms with Crippen molar-refractivity contribution in [3.63, 3.8) is 0 Å². The molecule has 0 amide bonds. The second-order valence-electron chi connectivity index (χ2n) is 8.54. The van der Waals surface area contributed by atoms with Gasteiger partial charge in [0.1, 0.15) is 23.0 Å². The molecule has 0 aliphatic rings. The van der Waals surface area contributed by atoms with E-state index in [4.69, 9.17) is 32.7 Å². The largest absolute Gasteiger partial charge is 0.457 e. The van der Waals surface area contributed by atoms with E-state index in [1.807, 2.05) is 0 Å². The number of ether oxygens (including phenoxy) is 2. The fourth-order valence-corrected chi connectivity index (χ4v) is 6.52. The highest BCUT2D eigenvalue weighted by Gasteiger charge is 2.19. The van der Waals surface area contributed by atoms with Gasteiger partial charge in [-0.05, 0) is 109 Å². The van der Waals surface area contributed by atoms with E-state index in [-0.39, 0.29) is 19.6 Å². The van der Waals surface area contributed by atoms with E-state index in [1.165, 1.54) is 72.8 Å². The maximum absolute atomic E-state index is 12.9. The third-order valence-corrected chi connectivity index (χ3v) is 9.87. The SMILES string of the molecule is O=S(=O)(c1ccc(Cl)cc1)c1ccc(Oc2cccc(Oc3ccc(S(=O)(=O)c4ccc(Cl)cc4)cc3)c2)cc1. The first-order chi connectivity index (χ1) is 19.1. The molecule has 0 aromatic heterocycles. The molecule has 0 heterocycles. The maximum atomic E-state index is 12.9. The Labute approximate surface area is 242 Å². The van der Waals surface area contributed by atoms with Crippen molar-refractivity contribution >= 4 is 42.9 Å². The van der Waals surface area contributed by atoms with Gasteiger partial charge in [0.25, 0.3) is 0 Å². The lowest BCUT2D eigenvalue weighted by Crippen LogP contribution is -2.01. The van der Waals surface area contributed by atoms with Gasteiger partial charge in [-0.25, -0.2) is 16.8 Å². The summed E-state index contributed by atoms with van der Waals surface area (Å²) in [7, 11) is -7.39. The summed E-state index contributed by atoms with van der Waals surface area (Å²) in [6, 6.07) is 30.9. The fourth-order valence-electron chi connectivity index (χ4n) is 3.75. The van der Waals surface area contributed by atoms with Crippen LogP contribution in [-0.2, 0) is 19.7 Å². The molecule has 6 nitrogen and oxygen atoms in total. The number of hydrogen-bond donors (Lipinski definition) is 0. The van der Waals surface area contributed by atoms with Crippen molar-refractivity contribution in [3.05, 3.63) is 131 Å². The van der Waals surface area contributed by atoms with Gasteiger partial charge in [0, 0.05) is 16.1 Å². The topological polar surface area (TPSA) is 86.7 Å². The summed E-state index contributed by atoms with van der Waals surface area (Å²) in [5.74, 6) is 1.80. The van der Waals surface area contributed by atoms with Gasteiger partial charge in [0.15, 0.2) is 0 Å². The highest BCUT2D eigenvalue weighted by molar-refractivity contribution is 7.91. The Balaban J connectivity index is 1.27. The summed E-state index contributed by atoms with van der Waals surface area (Å²) >= 11 is 11.7. The molecular weight excluding hydrogens is 591 g/mol. The molecule has 5 aromatic rings. The molecule has 0 fully saturated rings. The molecule has 0 aliphatic carbocycles. The van der Waals surface area contributed by atoms with Gasteiger partial charge in [0.2, 0.25) is 19.7 Å². The van der Waals surface area contributed by atoms with Crippen molar-refractivity contribution in [2.75, 3.05) is 0 Å². The molecule has 0 spiro atoms. The van der Waals surface area contributed by atoms with Crippen molar-refractivity contribution in [2.45, 2.75) is 19.6 Å². The lowest BCUT2D eigenvalue weighted by Gasteiger charge is -2.11. The predicted octanol–water partition coefficient (Wildman–Crippen LogP) is 8.24. The summed E-state index contributed by atoms with van der Waals surface area (Å²) in [4.78, 5) is 0.540. The molecular formula is C30H20Cl2O6S2. The highest BCUT2D eigenvalue weighted by atomic mass is 35.5. The molecule has 0 aliphatic heterocycles. The number of halogens is 2. The van der Waals surface area contributed by atoms with Crippen LogP contribution >= 0.6 is 23.2 Å². The van der Waals surface area contributed by atoms with Crippen molar-refractivity contribution in [2.24, 2.45) is 0 Å². The van der Waals surface area contributed by atoms with Gasteiger partial charge < -0.3 is 9.47 Å². The van der Waals surface area contributed by atoms with Crippen LogP contribution in [0.1, 0.15) is 0 Å². The van der Waals surface area contributed by atoms with Gasteiger partial charge in [-0.3, -0.25) is 0 Å². The molecule has 0 unspecified atom stereocenters. The van der Waals surface area contributed by atoms with Crippen LogP contribution in [0.25, 0.3) is 0 Å². The van der Waals surface area contributed by atoms with E-state index in [0.717, 1.165) is 0 Å². The quantitative estimate of drug-likeness (QED) is 0.176. The van der Waals surface area contributed by atoms with Gasteiger partial charge in [0.05, 0.1) is 19.6 Å². The van der Waals surface area contributed by atoms with Gasteiger partial charge in [-0.15, -0.1) is 0 Å². The van der Waals surface area contributed by atoms with E-state index >= 15 is 0 Å². The lowest BCUT2D eigenvalue weighted by molar-refractivity contribution is 0.460. The van der Waals surface area contributed by atoms with E-state index in [2.05, 4.69) is 0 Å². The molecule has 0 atom stereocenters. The third kappa shape index (κ3) is 6.16. The molecule has 202 valence electrons. The van der Waals surface area contributed by atoms with Gasteiger partial charge in [-0.2, -0.15) is 0 Å². The van der Waals surface area contributed by atoms with E-state index in [0.29, 0.717) is 33.0 Å². The molecule has 40 heavy (non-hydrogen) atoms. The Bertz CT molecular complexity index is 1720. The second-order valence-corrected chi connectivity index (χ2v) is 13.3. The number of benzene rings is 5. The molecule has 0 saturated heterocycles. The van der Waals surface area contributed by atoms with Crippen LogP contribution in [-0.4, -0.2) is 16.8 Å². The summed E-state index contributed by atoms with van der Waals surface area (Å²) < 4.78 is 63.2. The molecule has 0 radical (unpaired) electrons. The average Bonchev–Trinajstić information content (AvgIpc) is 2.94. The van der Waals surface area contributed by atoms with Crippen molar-refractivity contribution in [3.8, 4) is 23.0 Å². The molecule has 10 heteroatoms. The zero-order valence-electron chi connectivity index (χ0n) is 20.6. The van der Waals surface area contributed by atoms with Crippen LogP contribution in [0.15, 0.2) is 141 Å². The van der Waals surface area contributed by atoms with Crippen molar-refractivity contribution in [1.29, 1.82) is 0 Å². The molecule has 0 bridgehead atoms. The van der Waals surface area contributed by atoms with Gasteiger partial charge in [-0.1, -0.05) is 29.3 Å². The molecule has 0 N–H and O–H groups in total. The minimum Gasteiger partial charge on any atom is -0.457 e. The Morgan fingerprint density at radius 2 is 0.700 bits per heavy atom. The first-order valence-electron chi connectivity index (χ1n) is 11.8. The van der Waals surface area contributed by atoms with E-state index in [1.54, 1.807) is 48.5 Å². The van der Waals surface area contributed by atoms with E-state index < -0.39 is 19.7 Å². The third-order valence-electron chi connectivity index (χ3n) is 5.79. The van der Waals surface area contributed by atoms with Crippen LogP contribution in [0.5, 0.6) is 23.0 Å². The average molecular weight is 612 g/mol. The minimum atomic E-state index is -3.69. The maximum Gasteiger partial charge on any atom is 0.206 e. The lowest BCUT2D eigenvalue weighted by atomic mass is 10.3. The zero-order chi connectivity index (χ0) is 28.3. The fraction of sp³-hybridized carbons (Fsp3) is 0. The summed E-state index contributed by atoms with van der Waals surface area (Å²) in [6.07, 6.45) is 0. The second kappa shape index (κ2) is 11.3. The Morgan fingerprint density at radius 1 is 0.400 bits per heavy atom. The first kappa shape index (κ1) is 27.7. The van der Waals surface area contributed by atoms with Crippen LogP contribution < -0.4 is 9.47 Å². The standard InChI is InChI=1S/C30H20Cl2O6S2/c31-21-4-12-27(13-5-21)39(33,34)29-16-8-23(9-17-29)37-25-2-1-3-26(20-25)38-24-10-18-30(19-11-24)40(35,36)28-14-6-22(32)7-15-28/h1-20H. The molecule has 5 rings (SSSR count). The summed E-state index contributed by atoms with van der Waals surface area (Å²) in [5, 5.41) is 0.904. The number of rotatable bonds is 8. The Morgan fingerprint density at radius 3 is 1.02 bits per heavy atom. The van der Waals surface area contributed by atoms with Crippen LogP contribution in [0.4, 0.5) is 0 Å². The molecule has 5 aromatic carbocycles. The van der Waals surface area contributed by atoms with Crippen LogP contribution in [0.3, 0.4) is 0 Å². The zero-order valence-corrected chi connectivity index (χ0v) is 23.7. The summed E-state index contributed by atoms with van der Waals surface area (Å²) in [6.45, 7) is 0. The monoisotopic (exact) mass is 610 g/mol. The number of sulfone groups is 2. The van der Waals surface area contributed by atoms with Crippen molar-refractivity contribution < 1.29 is 26.3 Å². The first-order valence-corrected chi connectivity index (χ1v) is 15.5. The Hall–Kier alpha value is -3.82. The Kier molecular flexibility index (Phi) is 7.87. The minimum absolute atomic E-state index is 0.126. The van der Waals surface area contributed by atoms with E-state index in [9.17, 15) is 16.8 Å². The van der Waals surface area contributed by atoms with Gasteiger partial charge >= 0.3 is 0 Å².